The van der Waals surface area contributed by atoms with Crippen LogP contribution in [0.1, 0.15) is 32.2 Å². The van der Waals surface area contributed by atoms with Crippen molar-refractivity contribution in [2.45, 2.75) is 46.3 Å². The zero-order chi connectivity index (χ0) is 22.4. The maximum Gasteiger partial charge on any atom is 0.246 e. The minimum Gasteiger partial charge on any atom is -0.352 e. The number of para-hydroxylation sites is 2. The van der Waals surface area contributed by atoms with Gasteiger partial charge in [-0.1, -0.05) is 49.0 Å². The van der Waals surface area contributed by atoms with Crippen LogP contribution >= 0.6 is 0 Å². The zero-order valence-electron chi connectivity index (χ0n) is 18.5. The molecule has 0 bridgehead atoms. The highest BCUT2D eigenvalue weighted by molar-refractivity contribution is 5.92. The van der Waals surface area contributed by atoms with Gasteiger partial charge in [-0.05, 0) is 38.5 Å². The molecular formula is C25H30N4O2. The van der Waals surface area contributed by atoms with Crippen LogP contribution in [0.25, 0.3) is 11.0 Å². The van der Waals surface area contributed by atoms with Crippen LogP contribution in [0.15, 0.2) is 66.7 Å². The Morgan fingerprint density at radius 3 is 2.45 bits per heavy atom. The van der Waals surface area contributed by atoms with Crippen molar-refractivity contribution in [1.82, 2.24) is 19.8 Å². The Labute approximate surface area is 183 Å². The molecular weight excluding hydrogens is 388 g/mol. The highest BCUT2D eigenvalue weighted by Gasteiger charge is 2.20. The van der Waals surface area contributed by atoms with E-state index < -0.39 is 0 Å². The molecule has 0 radical (unpaired) electrons. The van der Waals surface area contributed by atoms with Gasteiger partial charge in [-0.15, -0.1) is 0 Å². The Morgan fingerprint density at radius 2 is 1.77 bits per heavy atom. The van der Waals surface area contributed by atoms with Gasteiger partial charge in [0.1, 0.15) is 12.4 Å². The zero-order valence-corrected chi connectivity index (χ0v) is 18.5. The van der Waals surface area contributed by atoms with E-state index in [4.69, 9.17) is 4.98 Å². The molecule has 0 saturated carbocycles. The molecule has 6 nitrogen and oxygen atoms in total. The van der Waals surface area contributed by atoms with Crippen LogP contribution in [0.5, 0.6) is 0 Å². The Balaban J connectivity index is 1.82. The molecule has 0 atom stereocenters. The topological polar surface area (TPSA) is 67.2 Å². The Morgan fingerprint density at radius 1 is 1.10 bits per heavy atom. The monoisotopic (exact) mass is 418 g/mol. The highest BCUT2D eigenvalue weighted by Crippen LogP contribution is 2.18. The van der Waals surface area contributed by atoms with E-state index >= 15 is 0 Å². The Bertz CT molecular complexity index is 1070. The minimum absolute atomic E-state index is 0.0363. The number of fused-ring (bicyclic) bond motifs is 1. The fourth-order valence-corrected chi connectivity index (χ4v) is 3.50. The lowest BCUT2D eigenvalue weighted by Crippen LogP contribution is -2.39. The predicted octanol–water partition coefficient (Wildman–Crippen LogP) is 3.71. The van der Waals surface area contributed by atoms with Gasteiger partial charge in [0.05, 0.1) is 11.0 Å². The van der Waals surface area contributed by atoms with E-state index in [1.165, 1.54) is 0 Å². The molecule has 0 spiro atoms. The third-order valence-electron chi connectivity index (χ3n) is 5.19. The van der Waals surface area contributed by atoms with Crippen LogP contribution in [0.3, 0.4) is 0 Å². The highest BCUT2D eigenvalue weighted by atomic mass is 16.2. The number of rotatable bonds is 9. The second-order valence-electron chi connectivity index (χ2n) is 7.99. The second-order valence-corrected chi connectivity index (χ2v) is 7.99. The van der Waals surface area contributed by atoms with E-state index in [9.17, 15) is 9.59 Å². The molecule has 162 valence electrons. The number of carbonyl (C=O) groups excluding carboxylic acids is 2. The van der Waals surface area contributed by atoms with E-state index in [1.807, 2.05) is 77.9 Å². The maximum atomic E-state index is 13.3. The SMILES string of the molecule is C=C(C)C(=O)NCCc1nc2ccccc2n1CC(=O)N(Cc1ccccc1)C(C)C. The average Bonchev–Trinajstić information content (AvgIpc) is 3.09. The third-order valence-corrected chi connectivity index (χ3v) is 5.19. The van der Waals surface area contributed by atoms with Crippen LogP contribution in [0.4, 0.5) is 0 Å². The Kier molecular flexibility index (Phi) is 7.23. The lowest BCUT2D eigenvalue weighted by Gasteiger charge is -2.27. The van der Waals surface area contributed by atoms with Crippen molar-refractivity contribution in [3.63, 3.8) is 0 Å². The lowest BCUT2D eigenvalue weighted by atomic mass is 10.2. The molecule has 3 rings (SSSR count). The largest absolute Gasteiger partial charge is 0.352 e. The maximum absolute atomic E-state index is 13.3. The first-order valence-electron chi connectivity index (χ1n) is 10.6. The number of imidazole rings is 1. The molecule has 1 heterocycles. The average molecular weight is 419 g/mol. The fourth-order valence-electron chi connectivity index (χ4n) is 3.50. The van der Waals surface area contributed by atoms with E-state index in [1.54, 1.807) is 6.92 Å². The van der Waals surface area contributed by atoms with Gasteiger partial charge in [-0.25, -0.2) is 4.98 Å². The van der Waals surface area contributed by atoms with Crippen LogP contribution in [0, 0.1) is 0 Å². The molecule has 0 unspecified atom stereocenters. The summed E-state index contributed by atoms with van der Waals surface area (Å²) in [6.45, 7) is 10.6. The third kappa shape index (κ3) is 5.60. The summed E-state index contributed by atoms with van der Waals surface area (Å²) in [4.78, 5) is 31.7. The van der Waals surface area contributed by atoms with E-state index in [-0.39, 0.29) is 24.4 Å². The number of hydrogen-bond acceptors (Lipinski definition) is 3. The van der Waals surface area contributed by atoms with E-state index in [0.717, 1.165) is 22.4 Å². The second kappa shape index (κ2) is 10.1. The summed E-state index contributed by atoms with van der Waals surface area (Å²) in [5.74, 6) is 0.641. The summed E-state index contributed by atoms with van der Waals surface area (Å²) < 4.78 is 1.96. The summed E-state index contributed by atoms with van der Waals surface area (Å²) in [6.07, 6.45) is 0.529. The van der Waals surface area contributed by atoms with Crippen molar-refractivity contribution >= 4 is 22.8 Å². The van der Waals surface area contributed by atoms with Gasteiger partial charge in [0, 0.05) is 31.1 Å². The van der Waals surface area contributed by atoms with Gasteiger partial charge in [0.25, 0.3) is 0 Å². The van der Waals surface area contributed by atoms with Gasteiger partial charge in [0.2, 0.25) is 11.8 Å². The molecule has 0 aliphatic carbocycles. The molecule has 6 heteroatoms. The molecule has 2 aromatic carbocycles. The number of nitrogens with one attached hydrogen (secondary N) is 1. The molecule has 3 aromatic rings. The van der Waals surface area contributed by atoms with Crippen molar-refractivity contribution in [2.24, 2.45) is 0 Å². The van der Waals surface area contributed by atoms with Crippen LogP contribution in [-0.4, -0.2) is 38.9 Å². The van der Waals surface area contributed by atoms with Gasteiger partial charge in [-0.2, -0.15) is 0 Å². The number of amides is 2. The van der Waals surface area contributed by atoms with Crippen molar-refractivity contribution in [3.8, 4) is 0 Å². The summed E-state index contributed by atoms with van der Waals surface area (Å²) in [6, 6.07) is 17.9. The first kappa shape index (κ1) is 22.3. The number of benzene rings is 2. The molecule has 0 saturated heterocycles. The van der Waals surface area contributed by atoms with E-state index in [0.29, 0.717) is 25.1 Å². The number of nitrogens with zero attached hydrogens (tertiary/aromatic N) is 3. The van der Waals surface area contributed by atoms with Gasteiger partial charge in [-0.3, -0.25) is 9.59 Å². The number of carbonyl (C=O) groups is 2. The predicted molar refractivity (Wildman–Crippen MR) is 123 cm³/mol. The minimum atomic E-state index is -0.174. The fraction of sp³-hybridized carbons (Fsp3) is 0.320. The smallest absolute Gasteiger partial charge is 0.246 e. The van der Waals surface area contributed by atoms with Crippen molar-refractivity contribution in [2.75, 3.05) is 6.54 Å². The van der Waals surface area contributed by atoms with Crippen molar-refractivity contribution in [1.29, 1.82) is 0 Å². The first-order chi connectivity index (χ1) is 14.9. The molecule has 1 N–H and O–H groups in total. The van der Waals surface area contributed by atoms with Crippen molar-refractivity contribution in [3.05, 3.63) is 78.1 Å². The molecule has 31 heavy (non-hydrogen) atoms. The van der Waals surface area contributed by atoms with Crippen LogP contribution < -0.4 is 5.32 Å². The summed E-state index contributed by atoms with van der Waals surface area (Å²) >= 11 is 0. The van der Waals surface area contributed by atoms with Gasteiger partial charge >= 0.3 is 0 Å². The van der Waals surface area contributed by atoms with Crippen LogP contribution in [0.2, 0.25) is 0 Å². The van der Waals surface area contributed by atoms with Gasteiger partial charge in [0.15, 0.2) is 0 Å². The molecule has 0 aliphatic rings. The van der Waals surface area contributed by atoms with E-state index in [2.05, 4.69) is 11.9 Å². The molecule has 2 amide bonds. The molecule has 1 aromatic heterocycles. The summed E-state index contributed by atoms with van der Waals surface area (Å²) in [5, 5.41) is 2.84. The standard InChI is InChI=1S/C25H30N4O2/c1-18(2)25(31)26-15-14-23-27-21-12-8-9-13-22(21)29(23)17-24(30)28(19(3)4)16-20-10-6-5-7-11-20/h5-13,19H,1,14-17H2,2-4H3,(H,26,31). The summed E-state index contributed by atoms with van der Waals surface area (Å²) in [7, 11) is 0. The lowest BCUT2D eigenvalue weighted by molar-refractivity contribution is -0.134. The molecule has 0 fully saturated rings. The van der Waals surface area contributed by atoms with Crippen LogP contribution in [-0.2, 0) is 29.1 Å². The number of hydrogen-bond donors (Lipinski definition) is 1. The molecule has 0 aliphatic heterocycles. The Hall–Kier alpha value is -3.41. The summed E-state index contributed by atoms with van der Waals surface area (Å²) in [5.41, 5.74) is 3.33. The number of aromatic nitrogens is 2. The van der Waals surface area contributed by atoms with Gasteiger partial charge < -0.3 is 14.8 Å². The quantitative estimate of drug-likeness (QED) is 0.539. The first-order valence-corrected chi connectivity index (χ1v) is 10.6. The van der Waals surface area contributed by atoms with Crippen molar-refractivity contribution < 1.29 is 9.59 Å². The normalized spacial score (nSPS) is 11.0.